The molecule has 2 heterocycles. The topological polar surface area (TPSA) is 92.2 Å². The number of carbonyl (C=O) groups is 1. The van der Waals surface area contributed by atoms with Crippen LogP contribution in [0.1, 0.15) is 37.0 Å². The van der Waals surface area contributed by atoms with Gasteiger partial charge in [-0.15, -0.1) is 0 Å². The third-order valence-electron chi connectivity index (χ3n) is 5.35. The van der Waals surface area contributed by atoms with Gasteiger partial charge in [-0.05, 0) is 61.2 Å². The van der Waals surface area contributed by atoms with E-state index in [4.69, 9.17) is 20.9 Å². The fraction of sp³-hybridized carbons (Fsp3) is 0.333. The van der Waals surface area contributed by atoms with Crippen molar-refractivity contribution in [3.63, 3.8) is 0 Å². The van der Waals surface area contributed by atoms with Gasteiger partial charge in [-0.25, -0.2) is 0 Å². The molecule has 0 bridgehead atoms. The molecule has 0 aliphatic carbocycles. The summed E-state index contributed by atoms with van der Waals surface area (Å²) in [7, 11) is 0. The van der Waals surface area contributed by atoms with Gasteiger partial charge in [0.1, 0.15) is 11.8 Å². The van der Waals surface area contributed by atoms with Gasteiger partial charge in [0.2, 0.25) is 11.1 Å². The van der Waals surface area contributed by atoms with Gasteiger partial charge in [-0.1, -0.05) is 23.4 Å². The number of hydrogen-bond acceptors (Lipinski definition) is 7. The van der Waals surface area contributed by atoms with Gasteiger partial charge in [0.05, 0.1) is 11.7 Å². The average Bonchev–Trinajstić information content (AvgIpc) is 3.27. The number of fused-ring (bicyclic) bond motifs is 1. The Kier molecular flexibility index (Phi) is 6.54. The summed E-state index contributed by atoms with van der Waals surface area (Å²) >= 11 is 5.49. The van der Waals surface area contributed by atoms with Crippen LogP contribution in [0.25, 0.3) is 22.8 Å². The van der Waals surface area contributed by atoms with Crippen molar-refractivity contribution in [2.75, 3.05) is 13.1 Å². The van der Waals surface area contributed by atoms with Crippen LogP contribution in [0.3, 0.4) is 0 Å². The summed E-state index contributed by atoms with van der Waals surface area (Å²) in [6.07, 6.45) is 1.14. The van der Waals surface area contributed by atoms with Crippen LogP contribution >= 0.6 is 11.6 Å². The molecule has 0 unspecified atom stereocenters. The van der Waals surface area contributed by atoms with Gasteiger partial charge in [0.15, 0.2) is 0 Å². The zero-order valence-electron chi connectivity index (χ0n) is 18.0. The first-order chi connectivity index (χ1) is 15.4. The van der Waals surface area contributed by atoms with Crippen molar-refractivity contribution in [3.8, 4) is 34.7 Å². The number of nitrogens with zero attached hydrogens (tertiary/aromatic N) is 4. The summed E-state index contributed by atoms with van der Waals surface area (Å²) in [6.45, 7) is 6.06. The molecule has 0 spiro atoms. The molecule has 1 aliphatic heterocycles. The summed E-state index contributed by atoms with van der Waals surface area (Å²) in [5.41, 5.74) is 4.39. The summed E-state index contributed by atoms with van der Waals surface area (Å²) in [5, 5.41) is 13.4. The number of carbonyl (C=O) groups excluding carboxylic acids is 1. The quantitative estimate of drug-likeness (QED) is 0.486. The van der Waals surface area contributed by atoms with E-state index >= 15 is 0 Å². The molecular formula is C24H23ClN4O3. The molecule has 8 heteroatoms. The minimum atomic E-state index is -0.313. The van der Waals surface area contributed by atoms with Crippen LogP contribution < -0.4 is 4.74 Å². The molecule has 0 radical (unpaired) electrons. The van der Waals surface area contributed by atoms with E-state index in [0.29, 0.717) is 41.6 Å². The first-order valence-corrected chi connectivity index (χ1v) is 10.9. The Balaban J connectivity index is 1.58. The Morgan fingerprint density at radius 3 is 2.94 bits per heavy atom. The van der Waals surface area contributed by atoms with Crippen molar-refractivity contribution in [2.24, 2.45) is 0 Å². The van der Waals surface area contributed by atoms with E-state index in [0.717, 1.165) is 25.1 Å². The van der Waals surface area contributed by atoms with E-state index in [1.54, 1.807) is 12.1 Å². The molecule has 1 aromatic heterocycles. The van der Waals surface area contributed by atoms with E-state index < -0.39 is 0 Å². The lowest BCUT2D eigenvalue weighted by Gasteiger charge is -2.29. The minimum Gasteiger partial charge on any atom is -0.490 e. The summed E-state index contributed by atoms with van der Waals surface area (Å²) in [4.78, 5) is 17.9. The van der Waals surface area contributed by atoms with Crippen LogP contribution in [-0.4, -0.2) is 39.5 Å². The Hall–Kier alpha value is -3.21. The maximum Gasteiger partial charge on any atom is 0.258 e. The van der Waals surface area contributed by atoms with E-state index in [1.165, 1.54) is 11.1 Å². The predicted molar refractivity (Wildman–Crippen MR) is 120 cm³/mol. The van der Waals surface area contributed by atoms with Gasteiger partial charge in [0.25, 0.3) is 5.89 Å². The third-order valence-corrected chi connectivity index (χ3v) is 5.54. The first kappa shape index (κ1) is 22.0. The third kappa shape index (κ3) is 4.82. The van der Waals surface area contributed by atoms with Crippen molar-refractivity contribution < 1.29 is 14.1 Å². The molecule has 0 N–H and O–H groups in total. The number of nitriles is 1. The molecule has 0 saturated carbocycles. The number of aromatic nitrogens is 2. The van der Waals surface area contributed by atoms with Crippen LogP contribution in [0.15, 0.2) is 40.9 Å². The summed E-state index contributed by atoms with van der Waals surface area (Å²) < 4.78 is 11.2. The number of rotatable bonds is 7. The number of hydrogen-bond donors (Lipinski definition) is 0. The lowest BCUT2D eigenvalue weighted by Crippen LogP contribution is -2.32. The van der Waals surface area contributed by atoms with Crippen molar-refractivity contribution >= 4 is 16.8 Å². The SMILES string of the molecule is CC(C)Oc1ccc(-c2nc(-c3cccc4c3CCN(CCC(=O)Cl)C4)no2)cc1C#N. The molecule has 0 fully saturated rings. The maximum absolute atomic E-state index is 11.1. The molecule has 164 valence electrons. The summed E-state index contributed by atoms with van der Waals surface area (Å²) in [5.74, 6) is 1.40. The highest BCUT2D eigenvalue weighted by Crippen LogP contribution is 2.31. The van der Waals surface area contributed by atoms with Gasteiger partial charge in [0, 0.05) is 37.2 Å². The van der Waals surface area contributed by atoms with Crippen LogP contribution in [0, 0.1) is 11.3 Å². The van der Waals surface area contributed by atoms with Gasteiger partial charge in [-0.3, -0.25) is 9.69 Å². The molecule has 0 atom stereocenters. The number of benzene rings is 2. The molecule has 0 saturated heterocycles. The highest BCUT2D eigenvalue weighted by atomic mass is 35.5. The maximum atomic E-state index is 11.1. The van der Waals surface area contributed by atoms with Crippen molar-refractivity contribution in [2.45, 2.75) is 39.3 Å². The van der Waals surface area contributed by atoms with E-state index in [9.17, 15) is 10.1 Å². The van der Waals surface area contributed by atoms with E-state index in [2.05, 4.69) is 27.2 Å². The Morgan fingerprint density at radius 2 is 2.19 bits per heavy atom. The van der Waals surface area contributed by atoms with Gasteiger partial charge >= 0.3 is 0 Å². The molecule has 2 aromatic carbocycles. The van der Waals surface area contributed by atoms with Crippen LogP contribution in [0.4, 0.5) is 0 Å². The molecular weight excluding hydrogens is 428 g/mol. The second kappa shape index (κ2) is 9.51. The zero-order valence-corrected chi connectivity index (χ0v) is 18.7. The fourth-order valence-electron chi connectivity index (χ4n) is 3.87. The van der Waals surface area contributed by atoms with E-state index in [1.807, 2.05) is 32.0 Å². The summed E-state index contributed by atoms with van der Waals surface area (Å²) in [6, 6.07) is 13.5. The second-order valence-corrected chi connectivity index (χ2v) is 8.41. The largest absolute Gasteiger partial charge is 0.490 e. The molecule has 7 nitrogen and oxygen atoms in total. The lowest BCUT2D eigenvalue weighted by molar-refractivity contribution is -0.112. The Labute approximate surface area is 191 Å². The van der Waals surface area contributed by atoms with Gasteiger partial charge in [-0.2, -0.15) is 10.2 Å². The molecule has 32 heavy (non-hydrogen) atoms. The van der Waals surface area contributed by atoms with Crippen molar-refractivity contribution in [3.05, 3.63) is 53.1 Å². The van der Waals surface area contributed by atoms with Crippen LogP contribution in [0.5, 0.6) is 5.75 Å². The number of halogens is 1. The zero-order chi connectivity index (χ0) is 22.7. The smallest absolute Gasteiger partial charge is 0.258 e. The van der Waals surface area contributed by atoms with Crippen LogP contribution in [-0.2, 0) is 17.8 Å². The van der Waals surface area contributed by atoms with Crippen molar-refractivity contribution in [1.29, 1.82) is 5.26 Å². The second-order valence-electron chi connectivity index (χ2n) is 7.99. The molecule has 3 aromatic rings. The Bertz CT molecular complexity index is 1180. The molecule has 4 rings (SSSR count). The minimum absolute atomic E-state index is 0.0291. The Morgan fingerprint density at radius 1 is 1.34 bits per heavy atom. The average molecular weight is 451 g/mol. The van der Waals surface area contributed by atoms with Crippen LogP contribution in [0.2, 0.25) is 0 Å². The first-order valence-electron chi connectivity index (χ1n) is 10.5. The standard InChI is InChI=1S/C24H23ClN4O3/c1-15(2)31-21-7-6-16(12-18(21)13-26)24-27-23(28-32-24)20-5-3-4-17-14-29(10-8-19(17)20)11-9-22(25)30/h3-7,12,15H,8-11,14H2,1-2H3. The molecule has 0 amide bonds. The van der Waals surface area contributed by atoms with Gasteiger partial charge < -0.3 is 9.26 Å². The van der Waals surface area contributed by atoms with E-state index in [-0.39, 0.29) is 11.3 Å². The predicted octanol–water partition coefficient (Wildman–Crippen LogP) is 4.58. The normalized spacial score (nSPS) is 13.6. The lowest BCUT2D eigenvalue weighted by atomic mass is 9.94. The fourth-order valence-corrected chi connectivity index (χ4v) is 3.96. The molecule has 1 aliphatic rings. The monoisotopic (exact) mass is 450 g/mol. The highest BCUT2D eigenvalue weighted by Gasteiger charge is 2.22. The van der Waals surface area contributed by atoms with Crippen molar-refractivity contribution in [1.82, 2.24) is 15.0 Å². The number of ether oxygens (including phenoxy) is 1. The highest BCUT2D eigenvalue weighted by molar-refractivity contribution is 6.63.